The van der Waals surface area contributed by atoms with Crippen molar-refractivity contribution in [3.8, 4) is 5.75 Å². The maximum absolute atomic E-state index is 9.51. The summed E-state index contributed by atoms with van der Waals surface area (Å²) in [6, 6.07) is 7.56. The van der Waals surface area contributed by atoms with Gasteiger partial charge in [0.25, 0.3) is 0 Å². The van der Waals surface area contributed by atoms with E-state index in [4.69, 9.17) is 0 Å². The zero-order valence-corrected chi connectivity index (χ0v) is 9.68. The summed E-state index contributed by atoms with van der Waals surface area (Å²) in [6.07, 6.45) is 1.25. The first-order valence-electron chi connectivity index (χ1n) is 5.04. The number of thioether (sulfide) groups is 1. The molecule has 0 aliphatic carbocycles. The summed E-state index contributed by atoms with van der Waals surface area (Å²) in [5, 5.41) is 9.51. The van der Waals surface area contributed by atoms with Crippen LogP contribution in [0.2, 0.25) is 0 Å². The lowest BCUT2D eigenvalue weighted by atomic mass is 10.2. The Bertz CT molecular complexity index is 271. The molecular formula is C12H18OS. The van der Waals surface area contributed by atoms with Crippen molar-refractivity contribution in [2.75, 3.05) is 5.75 Å². The van der Waals surface area contributed by atoms with Gasteiger partial charge in [-0.25, -0.2) is 0 Å². The molecule has 78 valence electrons. The minimum absolute atomic E-state index is 0.421. The van der Waals surface area contributed by atoms with Crippen LogP contribution in [0.4, 0.5) is 0 Å². The van der Waals surface area contributed by atoms with E-state index in [0.29, 0.717) is 5.75 Å². The van der Waals surface area contributed by atoms with E-state index >= 15 is 0 Å². The molecule has 0 unspecified atom stereocenters. The summed E-state index contributed by atoms with van der Waals surface area (Å²) >= 11 is 1.89. The monoisotopic (exact) mass is 210 g/mol. The number of benzene rings is 1. The third kappa shape index (κ3) is 4.05. The van der Waals surface area contributed by atoms with Crippen molar-refractivity contribution < 1.29 is 5.11 Å². The zero-order valence-electron chi connectivity index (χ0n) is 8.86. The molecule has 1 aromatic carbocycles. The molecule has 0 atom stereocenters. The SMILES string of the molecule is CC(C)CCSCc1ccccc1O. The average Bonchev–Trinajstić information content (AvgIpc) is 2.15. The molecule has 0 amide bonds. The van der Waals surface area contributed by atoms with E-state index in [2.05, 4.69) is 13.8 Å². The fourth-order valence-electron chi connectivity index (χ4n) is 1.13. The lowest BCUT2D eigenvalue weighted by Gasteiger charge is -2.05. The Kier molecular flexibility index (Phi) is 4.88. The molecule has 0 saturated carbocycles. The van der Waals surface area contributed by atoms with Crippen LogP contribution >= 0.6 is 11.8 Å². The summed E-state index contributed by atoms with van der Waals surface area (Å²) in [4.78, 5) is 0. The van der Waals surface area contributed by atoms with Gasteiger partial charge in [-0.15, -0.1) is 0 Å². The highest BCUT2D eigenvalue weighted by Gasteiger charge is 2.00. The normalized spacial score (nSPS) is 10.8. The zero-order chi connectivity index (χ0) is 10.4. The number of para-hydroxylation sites is 1. The van der Waals surface area contributed by atoms with Crippen molar-refractivity contribution in [3.63, 3.8) is 0 Å². The van der Waals surface area contributed by atoms with E-state index in [-0.39, 0.29) is 0 Å². The van der Waals surface area contributed by atoms with Crippen molar-refractivity contribution in [1.29, 1.82) is 0 Å². The average molecular weight is 210 g/mol. The van der Waals surface area contributed by atoms with E-state index in [0.717, 1.165) is 17.2 Å². The summed E-state index contributed by atoms with van der Waals surface area (Å²) in [5.41, 5.74) is 1.04. The molecule has 1 nitrogen and oxygen atoms in total. The van der Waals surface area contributed by atoms with Gasteiger partial charge >= 0.3 is 0 Å². The van der Waals surface area contributed by atoms with Gasteiger partial charge in [-0.2, -0.15) is 11.8 Å². The van der Waals surface area contributed by atoms with Crippen molar-refractivity contribution in [1.82, 2.24) is 0 Å². The Morgan fingerprint density at radius 1 is 1.29 bits per heavy atom. The van der Waals surface area contributed by atoms with Crippen LogP contribution in [0.1, 0.15) is 25.8 Å². The van der Waals surface area contributed by atoms with Crippen LogP contribution in [-0.2, 0) is 5.75 Å². The third-order valence-corrected chi connectivity index (χ3v) is 3.13. The molecule has 0 aromatic heterocycles. The quantitative estimate of drug-likeness (QED) is 0.748. The largest absolute Gasteiger partial charge is 0.508 e. The maximum atomic E-state index is 9.51. The fourth-order valence-corrected chi connectivity index (χ4v) is 2.38. The third-order valence-electron chi connectivity index (χ3n) is 2.09. The molecule has 0 aliphatic rings. The Morgan fingerprint density at radius 2 is 2.00 bits per heavy atom. The molecule has 0 aliphatic heterocycles. The predicted octanol–water partition coefficient (Wildman–Crippen LogP) is 3.67. The fraction of sp³-hybridized carbons (Fsp3) is 0.500. The second kappa shape index (κ2) is 5.97. The molecule has 1 N–H and O–H groups in total. The maximum Gasteiger partial charge on any atom is 0.119 e. The predicted molar refractivity (Wildman–Crippen MR) is 63.7 cm³/mol. The molecule has 0 bridgehead atoms. The van der Waals surface area contributed by atoms with Crippen molar-refractivity contribution >= 4 is 11.8 Å². The van der Waals surface area contributed by atoms with Crippen LogP contribution in [0.3, 0.4) is 0 Å². The number of hydrogen-bond donors (Lipinski definition) is 1. The Balaban J connectivity index is 2.28. The van der Waals surface area contributed by atoms with Gasteiger partial charge in [0.2, 0.25) is 0 Å². The Labute approximate surface area is 90.5 Å². The van der Waals surface area contributed by atoms with Crippen LogP contribution in [0.25, 0.3) is 0 Å². The molecule has 2 heteroatoms. The first-order chi connectivity index (χ1) is 6.70. The molecule has 0 heterocycles. The van der Waals surface area contributed by atoms with Crippen LogP contribution in [0, 0.1) is 5.92 Å². The van der Waals surface area contributed by atoms with Crippen molar-refractivity contribution in [2.24, 2.45) is 5.92 Å². The number of phenolic OH excluding ortho intramolecular Hbond substituents is 1. The number of aromatic hydroxyl groups is 1. The molecule has 1 aromatic rings. The van der Waals surface area contributed by atoms with E-state index < -0.39 is 0 Å². The minimum atomic E-state index is 0.421. The summed E-state index contributed by atoms with van der Waals surface area (Å²) in [5.74, 6) is 3.28. The van der Waals surface area contributed by atoms with E-state index in [1.165, 1.54) is 12.2 Å². The highest BCUT2D eigenvalue weighted by atomic mass is 32.2. The van der Waals surface area contributed by atoms with E-state index in [1.54, 1.807) is 6.07 Å². The van der Waals surface area contributed by atoms with Gasteiger partial charge < -0.3 is 5.11 Å². The second-order valence-corrected chi connectivity index (χ2v) is 4.97. The van der Waals surface area contributed by atoms with Crippen LogP contribution in [-0.4, -0.2) is 10.9 Å². The van der Waals surface area contributed by atoms with Gasteiger partial charge in [-0.3, -0.25) is 0 Å². The lowest BCUT2D eigenvalue weighted by molar-refractivity contribution is 0.470. The first kappa shape index (κ1) is 11.4. The van der Waals surface area contributed by atoms with Crippen molar-refractivity contribution in [3.05, 3.63) is 29.8 Å². The number of rotatable bonds is 5. The molecule has 14 heavy (non-hydrogen) atoms. The highest BCUT2D eigenvalue weighted by Crippen LogP contribution is 2.22. The molecule has 0 fully saturated rings. The summed E-state index contributed by atoms with van der Waals surface area (Å²) in [7, 11) is 0. The highest BCUT2D eigenvalue weighted by molar-refractivity contribution is 7.98. The van der Waals surface area contributed by atoms with Crippen LogP contribution in [0.5, 0.6) is 5.75 Å². The molecule has 0 spiro atoms. The standard InChI is InChI=1S/C12H18OS/c1-10(2)7-8-14-9-11-5-3-4-6-12(11)13/h3-6,10,13H,7-9H2,1-2H3. The Morgan fingerprint density at radius 3 is 2.64 bits per heavy atom. The van der Waals surface area contributed by atoms with E-state index in [9.17, 15) is 5.11 Å². The summed E-state index contributed by atoms with van der Waals surface area (Å²) in [6.45, 7) is 4.47. The molecule has 1 rings (SSSR count). The lowest BCUT2D eigenvalue weighted by Crippen LogP contribution is -1.90. The topological polar surface area (TPSA) is 20.2 Å². The number of hydrogen-bond acceptors (Lipinski definition) is 2. The Hall–Kier alpha value is -0.630. The van der Waals surface area contributed by atoms with Crippen LogP contribution < -0.4 is 0 Å². The minimum Gasteiger partial charge on any atom is -0.508 e. The van der Waals surface area contributed by atoms with Gasteiger partial charge in [-0.05, 0) is 24.2 Å². The van der Waals surface area contributed by atoms with Crippen molar-refractivity contribution in [2.45, 2.75) is 26.0 Å². The second-order valence-electron chi connectivity index (χ2n) is 3.86. The molecule has 0 saturated heterocycles. The number of phenols is 1. The smallest absolute Gasteiger partial charge is 0.119 e. The summed E-state index contributed by atoms with van der Waals surface area (Å²) < 4.78 is 0. The molecule has 0 radical (unpaired) electrons. The van der Waals surface area contributed by atoms with E-state index in [1.807, 2.05) is 30.0 Å². The van der Waals surface area contributed by atoms with Gasteiger partial charge in [0.05, 0.1) is 0 Å². The van der Waals surface area contributed by atoms with Crippen LogP contribution in [0.15, 0.2) is 24.3 Å². The van der Waals surface area contributed by atoms with Gasteiger partial charge in [-0.1, -0.05) is 32.0 Å². The molecular weight excluding hydrogens is 192 g/mol. The van der Waals surface area contributed by atoms with Gasteiger partial charge in [0, 0.05) is 11.3 Å². The van der Waals surface area contributed by atoms with Gasteiger partial charge in [0.15, 0.2) is 0 Å². The van der Waals surface area contributed by atoms with Gasteiger partial charge in [0.1, 0.15) is 5.75 Å². The first-order valence-corrected chi connectivity index (χ1v) is 6.20.